The Balaban J connectivity index is 0.00000341. The molecule has 6 nitrogen and oxygen atoms in total. The summed E-state index contributed by atoms with van der Waals surface area (Å²) in [5.74, 6) is 0.865. The molecule has 2 saturated heterocycles. The molecule has 2 aliphatic heterocycles. The first-order valence-corrected chi connectivity index (χ1v) is 11.5. The molecule has 0 aromatic heterocycles. The number of benzene rings is 1. The van der Waals surface area contributed by atoms with Crippen LogP contribution in [-0.4, -0.2) is 64.6 Å². The van der Waals surface area contributed by atoms with E-state index >= 15 is 0 Å². The Bertz CT molecular complexity index is 661. The van der Waals surface area contributed by atoms with E-state index in [1.165, 1.54) is 11.3 Å². The maximum atomic E-state index is 5.72. The third-order valence-corrected chi connectivity index (χ3v) is 6.02. The standard InChI is InChI=1S/C24H40N4O2.HI/c1-24(2,3)19-7-9-21(10-8-19)28-14-11-20(12-15-28)27-23(25-4)26-13-17-29-18-22-6-5-16-30-22;/h7-10,20,22H,5-6,11-18H2,1-4H3,(H2,25,26,27);1H. The fraction of sp³-hybridized carbons (Fsp3) is 0.708. The van der Waals surface area contributed by atoms with Gasteiger partial charge < -0.3 is 25.0 Å². The van der Waals surface area contributed by atoms with Gasteiger partial charge in [0, 0.05) is 45.0 Å². The van der Waals surface area contributed by atoms with Gasteiger partial charge >= 0.3 is 0 Å². The highest BCUT2D eigenvalue weighted by atomic mass is 127. The largest absolute Gasteiger partial charge is 0.377 e. The van der Waals surface area contributed by atoms with E-state index in [-0.39, 0.29) is 35.5 Å². The van der Waals surface area contributed by atoms with Crippen LogP contribution in [0, 0.1) is 0 Å². The molecule has 176 valence electrons. The number of rotatable bonds is 7. The molecule has 2 fully saturated rings. The van der Waals surface area contributed by atoms with Gasteiger partial charge in [-0.2, -0.15) is 0 Å². The molecule has 0 saturated carbocycles. The average molecular weight is 545 g/mol. The van der Waals surface area contributed by atoms with Crippen LogP contribution >= 0.6 is 24.0 Å². The van der Waals surface area contributed by atoms with Crippen LogP contribution in [0.4, 0.5) is 5.69 Å². The van der Waals surface area contributed by atoms with Gasteiger partial charge in [-0.05, 0) is 48.8 Å². The van der Waals surface area contributed by atoms with Gasteiger partial charge in [-0.25, -0.2) is 0 Å². The second-order valence-electron chi connectivity index (χ2n) is 9.41. The molecule has 31 heavy (non-hydrogen) atoms. The topological polar surface area (TPSA) is 58.1 Å². The first-order chi connectivity index (χ1) is 14.5. The first kappa shape index (κ1) is 26.2. The molecule has 0 spiro atoms. The van der Waals surface area contributed by atoms with Gasteiger partial charge in [0.2, 0.25) is 0 Å². The number of hydrogen-bond donors (Lipinski definition) is 2. The van der Waals surface area contributed by atoms with Gasteiger partial charge in [-0.1, -0.05) is 32.9 Å². The predicted molar refractivity (Wildman–Crippen MR) is 140 cm³/mol. The summed E-state index contributed by atoms with van der Waals surface area (Å²) in [6.07, 6.45) is 4.78. The molecule has 1 aromatic carbocycles. The van der Waals surface area contributed by atoms with Crippen molar-refractivity contribution in [2.24, 2.45) is 4.99 Å². The number of nitrogens with one attached hydrogen (secondary N) is 2. The van der Waals surface area contributed by atoms with Crippen LogP contribution in [0.25, 0.3) is 0 Å². The van der Waals surface area contributed by atoms with Crippen LogP contribution < -0.4 is 15.5 Å². The highest BCUT2D eigenvalue weighted by Gasteiger charge is 2.21. The van der Waals surface area contributed by atoms with E-state index in [1.54, 1.807) is 0 Å². The molecule has 2 aliphatic rings. The summed E-state index contributed by atoms with van der Waals surface area (Å²) in [4.78, 5) is 6.85. The fourth-order valence-electron chi connectivity index (χ4n) is 4.07. The Morgan fingerprint density at radius 3 is 2.45 bits per heavy atom. The SMILES string of the molecule is CN=C(NCCOCC1CCCO1)NC1CCN(c2ccc(C(C)(C)C)cc2)CC1.I. The maximum absolute atomic E-state index is 5.72. The van der Waals surface area contributed by atoms with E-state index in [0.717, 1.165) is 57.9 Å². The number of anilines is 1. The Morgan fingerprint density at radius 2 is 1.87 bits per heavy atom. The predicted octanol–water partition coefficient (Wildman–Crippen LogP) is 3.93. The molecule has 2 N–H and O–H groups in total. The van der Waals surface area contributed by atoms with Crippen molar-refractivity contribution in [3.05, 3.63) is 29.8 Å². The zero-order chi connectivity index (χ0) is 21.4. The van der Waals surface area contributed by atoms with Gasteiger partial charge in [-0.15, -0.1) is 24.0 Å². The summed E-state index contributed by atoms with van der Waals surface area (Å²) in [6, 6.07) is 9.53. The van der Waals surface area contributed by atoms with Gasteiger partial charge in [0.05, 0.1) is 19.3 Å². The van der Waals surface area contributed by atoms with E-state index in [0.29, 0.717) is 19.3 Å². The van der Waals surface area contributed by atoms with E-state index in [4.69, 9.17) is 9.47 Å². The number of halogens is 1. The molecule has 0 radical (unpaired) electrons. The van der Waals surface area contributed by atoms with Crippen molar-refractivity contribution < 1.29 is 9.47 Å². The van der Waals surface area contributed by atoms with Crippen LogP contribution in [0.3, 0.4) is 0 Å². The lowest BCUT2D eigenvalue weighted by Gasteiger charge is -2.35. The Morgan fingerprint density at radius 1 is 1.16 bits per heavy atom. The third-order valence-electron chi connectivity index (χ3n) is 6.02. The summed E-state index contributed by atoms with van der Waals surface area (Å²) in [6.45, 7) is 11.9. The highest BCUT2D eigenvalue weighted by Crippen LogP contribution is 2.26. The quantitative estimate of drug-likeness (QED) is 0.236. The number of ether oxygens (including phenoxy) is 2. The molecule has 0 aliphatic carbocycles. The average Bonchev–Trinajstić information content (AvgIpc) is 3.26. The Labute approximate surface area is 205 Å². The normalized spacial score (nSPS) is 20.5. The van der Waals surface area contributed by atoms with Crippen LogP contribution in [0.2, 0.25) is 0 Å². The Kier molecular flexibility index (Phi) is 10.9. The lowest BCUT2D eigenvalue weighted by Crippen LogP contribution is -2.49. The molecular formula is C24H41IN4O2. The minimum absolute atomic E-state index is 0. The van der Waals surface area contributed by atoms with E-state index < -0.39 is 0 Å². The van der Waals surface area contributed by atoms with E-state index in [1.807, 2.05) is 7.05 Å². The van der Waals surface area contributed by atoms with Gasteiger partial charge in [0.25, 0.3) is 0 Å². The summed E-state index contributed by atoms with van der Waals surface area (Å²) in [5, 5.41) is 6.94. The second kappa shape index (κ2) is 12.8. The second-order valence-corrected chi connectivity index (χ2v) is 9.41. The zero-order valence-electron chi connectivity index (χ0n) is 19.7. The molecule has 1 aromatic rings. The summed E-state index contributed by atoms with van der Waals surface area (Å²) in [7, 11) is 1.83. The monoisotopic (exact) mass is 544 g/mol. The fourth-order valence-corrected chi connectivity index (χ4v) is 4.07. The van der Waals surface area contributed by atoms with Crippen molar-refractivity contribution in [1.29, 1.82) is 0 Å². The summed E-state index contributed by atoms with van der Waals surface area (Å²) in [5.41, 5.74) is 2.91. The number of aliphatic imine (C=N–C) groups is 1. The van der Waals surface area contributed by atoms with Gasteiger partial charge in [0.1, 0.15) is 0 Å². The van der Waals surface area contributed by atoms with Crippen LogP contribution in [-0.2, 0) is 14.9 Å². The van der Waals surface area contributed by atoms with E-state index in [2.05, 4.69) is 65.6 Å². The molecule has 3 rings (SSSR count). The minimum atomic E-state index is 0. The summed E-state index contributed by atoms with van der Waals surface area (Å²) < 4.78 is 11.3. The van der Waals surface area contributed by atoms with Crippen molar-refractivity contribution in [2.75, 3.05) is 51.4 Å². The zero-order valence-corrected chi connectivity index (χ0v) is 22.0. The molecule has 7 heteroatoms. The smallest absolute Gasteiger partial charge is 0.191 e. The Hall–Kier alpha value is -1.06. The molecule has 0 amide bonds. The van der Waals surface area contributed by atoms with E-state index in [9.17, 15) is 0 Å². The molecule has 1 unspecified atom stereocenters. The van der Waals surface area contributed by atoms with Crippen molar-refractivity contribution >= 4 is 35.6 Å². The van der Waals surface area contributed by atoms with Crippen molar-refractivity contribution in [2.45, 2.75) is 64.0 Å². The molecular weight excluding hydrogens is 503 g/mol. The molecule has 2 heterocycles. The first-order valence-electron chi connectivity index (χ1n) is 11.5. The number of guanidine groups is 1. The van der Waals surface area contributed by atoms with Crippen LogP contribution in [0.1, 0.15) is 52.0 Å². The maximum Gasteiger partial charge on any atom is 0.191 e. The highest BCUT2D eigenvalue weighted by molar-refractivity contribution is 14.0. The van der Waals surface area contributed by atoms with Crippen LogP contribution in [0.5, 0.6) is 0 Å². The minimum Gasteiger partial charge on any atom is -0.377 e. The van der Waals surface area contributed by atoms with Gasteiger partial charge in [-0.3, -0.25) is 4.99 Å². The number of piperidine rings is 1. The van der Waals surface area contributed by atoms with Gasteiger partial charge in [0.15, 0.2) is 5.96 Å². The molecule has 0 bridgehead atoms. The number of nitrogens with zero attached hydrogens (tertiary/aromatic N) is 2. The third kappa shape index (κ3) is 8.42. The van der Waals surface area contributed by atoms with Crippen LogP contribution in [0.15, 0.2) is 29.3 Å². The molecule has 1 atom stereocenters. The van der Waals surface area contributed by atoms with Crippen molar-refractivity contribution in [3.63, 3.8) is 0 Å². The summed E-state index contributed by atoms with van der Waals surface area (Å²) >= 11 is 0. The lowest BCUT2D eigenvalue weighted by atomic mass is 9.87. The lowest BCUT2D eigenvalue weighted by molar-refractivity contribution is 0.0191. The number of hydrogen-bond acceptors (Lipinski definition) is 4. The van der Waals surface area contributed by atoms with Crippen molar-refractivity contribution in [1.82, 2.24) is 10.6 Å². The van der Waals surface area contributed by atoms with Crippen molar-refractivity contribution in [3.8, 4) is 0 Å².